The number of hydrogen-bond donors (Lipinski definition) is 0. The molecule has 0 atom stereocenters. The highest BCUT2D eigenvalue weighted by Gasteiger charge is 1.98. The molecular formula is C15H9BrO2. The smallest absolute Gasteiger partial charge is 0.390 e. The molecule has 0 saturated carbocycles. The minimum absolute atomic E-state index is 0.493. The molecule has 0 unspecified atom stereocenters. The fourth-order valence-electron chi connectivity index (χ4n) is 1.28. The molecule has 88 valence electrons. The molecule has 0 amide bonds. The maximum atomic E-state index is 11.4. The van der Waals surface area contributed by atoms with Crippen molar-refractivity contribution in [1.29, 1.82) is 0 Å². The van der Waals surface area contributed by atoms with Crippen LogP contribution < -0.4 is 4.74 Å². The molecule has 0 heterocycles. The molecule has 0 fully saturated rings. The summed E-state index contributed by atoms with van der Waals surface area (Å²) in [5, 5.41) is 0. The zero-order chi connectivity index (χ0) is 12.8. The van der Waals surface area contributed by atoms with Crippen LogP contribution in [0.2, 0.25) is 0 Å². The van der Waals surface area contributed by atoms with Crippen molar-refractivity contribution in [1.82, 2.24) is 0 Å². The topological polar surface area (TPSA) is 26.3 Å². The summed E-state index contributed by atoms with van der Waals surface area (Å²) in [7, 11) is 0. The summed E-state index contributed by atoms with van der Waals surface area (Å²) in [6, 6.07) is 16.2. The van der Waals surface area contributed by atoms with Crippen LogP contribution in [-0.2, 0) is 4.79 Å². The zero-order valence-electron chi connectivity index (χ0n) is 9.39. The molecule has 0 N–H and O–H groups in total. The quantitative estimate of drug-likeness (QED) is 0.458. The summed E-state index contributed by atoms with van der Waals surface area (Å²) >= 11 is 3.33. The highest BCUT2D eigenvalue weighted by molar-refractivity contribution is 9.10. The van der Waals surface area contributed by atoms with Crippen LogP contribution in [0.25, 0.3) is 0 Å². The molecule has 0 spiro atoms. The van der Waals surface area contributed by atoms with Gasteiger partial charge in [0.25, 0.3) is 0 Å². The van der Waals surface area contributed by atoms with Gasteiger partial charge in [0, 0.05) is 16.0 Å². The van der Waals surface area contributed by atoms with E-state index in [9.17, 15) is 4.79 Å². The fourth-order valence-corrected chi connectivity index (χ4v) is 1.54. The van der Waals surface area contributed by atoms with E-state index >= 15 is 0 Å². The predicted octanol–water partition coefficient (Wildman–Crippen LogP) is 3.41. The van der Waals surface area contributed by atoms with Crippen LogP contribution in [0.4, 0.5) is 0 Å². The molecule has 0 aromatic heterocycles. The molecule has 3 heteroatoms. The number of carbonyl (C=O) groups is 1. The van der Waals surface area contributed by atoms with Crippen LogP contribution in [0, 0.1) is 11.8 Å². The summed E-state index contributed by atoms with van der Waals surface area (Å²) < 4.78 is 6.01. The van der Waals surface area contributed by atoms with Crippen LogP contribution in [-0.4, -0.2) is 5.97 Å². The Balaban J connectivity index is 2.02. The van der Waals surface area contributed by atoms with Crippen LogP contribution >= 0.6 is 15.9 Å². The summed E-state index contributed by atoms with van der Waals surface area (Å²) in [5.74, 6) is 5.11. The molecule has 2 nitrogen and oxygen atoms in total. The lowest BCUT2D eigenvalue weighted by atomic mass is 10.2. The van der Waals surface area contributed by atoms with E-state index in [1.165, 1.54) is 0 Å². The Hall–Kier alpha value is -2.05. The van der Waals surface area contributed by atoms with Gasteiger partial charge < -0.3 is 4.74 Å². The molecule has 0 aliphatic carbocycles. The number of benzene rings is 2. The van der Waals surface area contributed by atoms with E-state index in [0.717, 1.165) is 10.0 Å². The molecule has 0 aliphatic rings. The third kappa shape index (κ3) is 3.76. The highest BCUT2D eigenvalue weighted by Crippen LogP contribution is 2.10. The van der Waals surface area contributed by atoms with Crippen LogP contribution in [0.3, 0.4) is 0 Å². The Kier molecular flexibility index (Phi) is 4.16. The van der Waals surface area contributed by atoms with Crippen molar-refractivity contribution in [3.8, 4) is 17.6 Å². The van der Waals surface area contributed by atoms with Gasteiger partial charge in [-0.05, 0) is 36.4 Å². The molecule has 0 saturated heterocycles. The first kappa shape index (κ1) is 12.4. The third-order valence-electron chi connectivity index (χ3n) is 2.11. The van der Waals surface area contributed by atoms with E-state index in [0.29, 0.717) is 5.75 Å². The predicted molar refractivity (Wildman–Crippen MR) is 73.1 cm³/mol. The Morgan fingerprint density at radius 3 is 2.33 bits per heavy atom. The van der Waals surface area contributed by atoms with Gasteiger partial charge in [-0.25, -0.2) is 4.79 Å². The van der Waals surface area contributed by atoms with Crippen molar-refractivity contribution in [3.63, 3.8) is 0 Å². The Morgan fingerprint density at radius 1 is 1.00 bits per heavy atom. The zero-order valence-corrected chi connectivity index (χ0v) is 11.0. The first-order chi connectivity index (χ1) is 8.74. The van der Waals surface area contributed by atoms with Gasteiger partial charge in [0.05, 0.1) is 0 Å². The van der Waals surface area contributed by atoms with Crippen LogP contribution in [0.5, 0.6) is 5.75 Å². The van der Waals surface area contributed by atoms with Gasteiger partial charge in [-0.15, -0.1) is 0 Å². The second-order valence-electron chi connectivity index (χ2n) is 3.46. The third-order valence-corrected chi connectivity index (χ3v) is 2.64. The second kappa shape index (κ2) is 6.04. The van der Waals surface area contributed by atoms with E-state index in [4.69, 9.17) is 4.74 Å². The maximum Gasteiger partial charge on any atom is 0.390 e. The van der Waals surface area contributed by atoms with E-state index in [2.05, 4.69) is 27.8 Å². The molecular weight excluding hydrogens is 292 g/mol. The van der Waals surface area contributed by atoms with Crippen molar-refractivity contribution in [3.05, 3.63) is 64.6 Å². The average Bonchev–Trinajstić information content (AvgIpc) is 2.39. The molecule has 0 aliphatic heterocycles. The number of esters is 1. The van der Waals surface area contributed by atoms with Crippen molar-refractivity contribution in [2.45, 2.75) is 0 Å². The lowest BCUT2D eigenvalue weighted by Gasteiger charge is -1.97. The van der Waals surface area contributed by atoms with Crippen molar-refractivity contribution < 1.29 is 9.53 Å². The largest absolute Gasteiger partial charge is 0.417 e. The minimum atomic E-state index is -0.566. The van der Waals surface area contributed by atoms with Crippen LogP contribution in [0.15, 0.2) is 59.1 Å². The number of ether oxygens (including phenoxy) is 1. The molecule has 2 rings (SSSR count). The monoisotopic (exact) mass is 300 g/mol. The Labute approximate surface area is 114 Å². The van der Waals surface area contributed by atoms with Gasteiger partial charge in [-0.1, -0.05) is 40.0 Å². The highest BCUT2D eigenvalue weighted by atomic mass is 79.9. The fraction of sp³-hybridized carbons (Fsp3) is 0. The minimum Gasteiger partial charge on any atom is -0.417 e. The second-order valence-corrected chi connectivity index (χ2v) is 4.38. The Bertz CT molecular complexity index is 592. The maximum absolute atomic E-state index is 11.4. The number of para-hydroxylation sites is 1. The normalized spacial score (nSPS) is 9.17. The molecule has 2 aromatic rings. The van der Waals surface area contributed by atoms with Gasteiger partial charge in [-0.3, -0.25) is 0 Å². The van der Waals surface area contributed by atoms with Gasteiger partial charge >= 0.3 is 5.97 Å². The van der Waals surface area contributed by atoms with Crippen molar-refractivity contribution in [2.24, 2.45) is 0 Å². The molecule has 18 heavy (non-hydrogen) atoms. The summed E-state index contributed by atoms with van der Waals surface area (Å²) in [6.07, 6.45) is 0. The van der Waals surface area contributed by atoms with E-state index < -0.39 is 5.97 Å². The average molecular weight is 301 g/mol. The van der Waals surface area contributed by atoms with Crippen LogP contribution in [0.1, 0.15) is 5.56 Å². The van der Waals surface area contributed by atoms with Gasteiger partial charge in [0.15, 0.2) is 0 Å². The number of rotatable bonds is 1. The molecule has 0 radical (unpaired) electrons. The SMILES string of the molecule is O=C(C#Cc1ccc(Br)cc1)Oc1ccccc1. The Morgan fingerprint density at radius 2 is 1.67 bits per heavy atom. The van der Waals surface area contributed by atoms with E-state index in [1.54, 1.807) is 24.3 Å². The number of halogens is 1. The van der Waals surface area contributed by atoms with E-state index in [1.807, 2.05) is 30.3 Å². The van der Waals surface area contributed by atoms with Gasteiger partial charge in [0.2, 0.25) is 0 Å². The van der Waals surface area contributed by atoms with E-state index in [-0.39, 0.29) is 0 Å². The summed E-state index contributed by atoms with van der Waals surface area (Å²) in [4.78, 5) is 11.4. The lowest BCUT2D eigenvalue weighted by Crippen LogP contribution is -2.04. The van der Waals surface area contributed by atoms with Gasteiger partial charge in [0.1, 0.15) is 5.75 Å². The first-order valence-electron chi connectivity index (χ1n) is 5.28. The number of hydrogen-bond acceptors (Lipinski definition) is 2. The summed E-state index contributed by atoms with van der Waals surface area (Å²) in [5.41, 5.74) is 0.767. The van der Waals surface area contributed by atoms with Crippen molar-refractivity contribution >= 4 is 21.9 Å². The lowest BCUT2D eigenvalue weighted by molar-refractivity contribution is -0.128. The standard InChI is InChI=1S/C15H9BrO2/c16-13-9-6-12(7-10-13)8-11-15(17)18-14-4-2-1-3-5-14/h1-7,9-10H. The van der Waals surface area contributed by atoms with Crippen molar-refractivity contribution in [2.75, 3.05) is 0 Å². The first-order valence-corrected chi connectivity index (χ1v) is 6.08. The molecule has 0 bridgehead atoms. The van der Waals surface area contributed by atoms with Gasteiger partial charge in [-0.2, -0.15) is 0 Å². The number of carbonyl (C=O) groups excluding carboxylic acids is 1. The summed E-state index contributed by atoms with van der Waals surface area (Å²) in [6.45, 7) is 0. The molecule has 2 aromatic carbocycles.